The number of aliphatic carboxylic acids is 1. The van der Waals surface area contributed by atoms with Crippen LogP contribution in [0.3, 0.4) is 0 Å². The topological polar surface area (TPSA) is 63.6 Å². The number of carboxylic acid groups (broad SMARTS) is 1. The molecule has 1 aliphatic carbocycles. The van der Waals surface area contributed by atoms with Gasteiger partial charge in [-0.25, -0.2) is 0 Å². The highest BCUT2D eigenvalue weighted by Gasteiger charge is 2.50. The number of carboxylic acids is 1. The van der Waals surface area contributed by atoms with Crippen LogP contribution in [-0.2, 0) is 15.0 Å². The summed E-state index contributed by atoms with van der Waals surface area (Å²) in [7, 11) is 0. The Morgan fingerprint density at radius 2 is 2.25 bits per heavy atom. The second-order valence-corrected chi connectivity index (χ2v) is 6.07. The average Bonchev–Trinajstić information content (AvgIpc) is 2.55. The van der Waals surface area contributed by atoms with E-state index in [4.69, 9.17) is 4.74 Å². The van der Waals surface area contributed by atoms with E-state index in [0.717, 1.165) is 4.47 Å². The third-order valence-electron chi connectivity index (χ3n) is 4.09. The van der Waals surface area contributed by atoms with Crippen LogP contribution in [-0.4, -0.2) is 23.5 Å². The van der Waals surface area contributed by atoms with Gasteiger partial charge in [0.15, 0.2) is 5.78 Å². The summed E-state index contributed by atoms with van der Waals surface area (Å²) in [4.78, 5) is 23.6. The van der Waals surface area contributed by atoms with E-state index in [1.807, 2.05) is 0 Å². The van der Waals surface area contributed by atoms with Crippen LogP contribution in [0.15, 0.2) is 34.8 Å². The Labute approximate surface area is 124 Å². The first kappa shape index (κ1) is 13.4. The Kier molecular flexibility index (Phi) is 3.17. The number of benzene rings is 1. The molecule has 104 valence electrons. The van der Waals surface area contributed by atoms with Crippen molar-refractivity contribution < 1.29 is 19.4 Å². The number of ether oxygens (including phenoxy) is 1. The molecule has 4 nitrogen and oxygen atoms in total. The van der Waals surface area contributed by atoms with Crippen molar-refractivity contribution >= 4 is 27.7 Å². The zero-order valence-electron chi connectivity index (χ0n) is 10.6. The smallest absolute Gasteiger partial charge is 0.318 e. The Balaban J connectivity index is 2.26. The lowest BCUT2D eigenvalue weighted by Gasteiger charge is -2.35. The van der Waals surface area contributed by atoms with Gasteiger partial charge in [0.05, 0.1) is 6.61 Å². The number of rotatable bonds is 1. The summed E-state index contributed by atoms with van der Waals surface area (Å²) in [6, 6.07) is 5.36. The van der Waals surface area contributed by atoms with E-state index < -0.39 is 11.4 Å². The molecule has 0 saturated heterocycles. The van der Waals surface area contributed by atoms with Crippen LogP contribution in [0.25, 0.3) is 0 Å². The highest BCUT2D eigenvalue weighted by Crippen LogP contribution is 2.47. The van der Waals surface area contributed by atoms with Crippen LogP contribution in [0, 0.1) is 5.92 Å². The fourth-order valence-corrected chi connectivity index (χ4v) is 3.44. The molecule has 1 aromatic carbocycles. The molecule has 1 aliphatic heterocycles. The van der Waals surface area contributed by atoms with Gasteiger partial charge in [0, 0.05) is 16.5 Å². The third kappa shape index (κ3) is 1.88. The monoisotopic (exact) mass is 336 g/mol. The van der Waals surface area contributed by atoms with E-state index >= 15 is 0 Å². The molecule has 3 rings (SSSR count). The van der Waals surface area contributed by atoms with Gasteiger partial charge in [-0.2, -0.15) is 0 Å². The van der Waals surface area contributed by atoms with E-state index in [1.165, 1.54) is 12.2 Å². The van der Waals surface area contributed by atoms with E-state index in [0.29, 0.717) is 24.3 Å². The largest absolute Gasteiger partial charge is 0.493 e. The summed E-state index contributed by atoms with van der Waals surface area (Å²) < 4.78 is 6.53. The number of allylic oxidation sites excluding steroid dienone is 1. The van der Waals surface area contributed by atoms with Crippen molar-refractivity contribution in [3.63, 3.8) is 0 Å². The number of carbonyl (C=O) groups excluding carboxylic acids is 1. The molecule has 0 amide bonds. The van der Waals surface area contributed by atoms with Crippen LogP contribution < -0.4 is 4.74 Å². The molecule has 2 aliphatic rings. The van der Waals surface area contributed by atoms with Crippen LogP contribution in [0.1, 0.15) is 18.4 Å². The summed E-state index contributed by atoms with van der Waals surface area (Å²) in [6.45, 7) is 0.421. The lowest BCUT2D eigenvalue weighted by molar-refractivity contribution is -0.144. The lowest BCUT2D eigenvalue weighted by atomic mass is 9.64. The van der Waals surface area contributed by atoms with Gasteiger partial charge in [-0.05, 0) is 30.5 Å². The molecule has 0 bridgehead atoms. The minimum atomic E-state index is -1.17. The van der Waals surface area contributed by atoms with Crippen molar-refractivity contribution in [2.75, 3.05) is 6.61 Å². The van der Waals surface area contributed by atoms with Crippen LogP contribution >= 0.6 is 15.9 Å². The molecule has 2 unspecified atom stereocenters. The number of halogens is 1. The Morgan fingerprint density at radius 3 is 3.00 bits per heavy atom. The van der Waals surface area contributed by atoms with Gasteiger partial charge < -0.3 is 9.84 Å². The molecule has 0 aromatic heterocycles. The van der Waals surface area contributed by atoms with Crippen LogP contribution in [0.2, 0.25) is 0 Å². The number of hydrogen-bond donors (Lipinski definition) is 1. The Bertz CT molecular complexity index is 622. The number of ketones is 1. The fraction of sp³-hybridized carbons (Fsp3) is 0.333. The first-order valence-corrected chi connectivity index (χ1v) is 7.21. The fourth-order valence-electron chi connectivity index (χ4n) is 3.10. The first-order chi connectivity index (χ1) is 9.54. The third-order valence-corrected chi connectivity index (χ3v) is 4.58. The van der Waals surface area contributed by atoms with Crippen LogP contribution in [0.5, 0.6) is 5.75 Å². The zero-order chi connectivity index (χ0) is 14.3. The van der Waals surface area contributed by atoms with Gasteiger partial charge in [-0.15, -0.1) is 0 Å². The molecule has 1 N–H and O–H groups in total. The van der Waals surface area contributed by atoms with E-state index in [-0.39, 0.29) is 18.1 Å². The summed E-state index contributed by atoms with van der Waals surface area (Å²) in [6.07, 6.45) is 3.73. The molecular weight excluding hydrogens is 324 g/mol. The minimum Gasteiger partial charge on any atom is -0.493 e. The van der Waals surface area contributed by atoms with E-state index in [2.05, 4.69) is 15.9 Å². The minimum absolute atomic E-state index is 0.0209. The number of hydrogen-bond acceptors (Lipinski definition) is 3. The van der Waals surface area contributed by atoms with Gasteiger partial charge in [-0.3, -0.25) is 9.59 Å². The zero-order valence-corrected chi connectivity index (χ0v) is 12.2. The number of fused-ring (bicyclic) bond motifs is 3. The second-order valence-electron chi connectivity index (χ2n) is 5.15. The highest BCUT2D eigenvalue weighted by atomic mass is 79.9. The molecule has 0 saturated carbocycles. The molecule has 0 fully saturated rings. The van der Waals surface area contributed by atoms with E-state index in [1.54, 1.807) is 18.2 Å². The Morgan fingerprint density at radius 1 is 1.45 bits per heavy atom. The number of carbonyl (C=O) groups is 2. The second kappa shape index (κ2) is 4.74. The normalized spacial score (nSPS) is 28.1. The maximum absolute atomic E-state index is 12.0. The van der Waals surface area contributed by atoms with Crippen molar-refractivity contribution in [3.05, 3.63) is 40.4 Å². The summed E-state index contributed by atoms with van der Waals surface area (Å²) in [5, 5.41) is 9.82. The molecular formula is C15H13BrO4. The standard InChI is InChI=1S/C15H13BrO4/c16-10-1-2-12-13(8-10)20-6-4-9-7-11(17)3-5-15(9,12)14(18)19/h1-3,5,8-9H,4,6-7H2,(H,18,19). The quantitative estimate of drug-likeness (QED) is 0.856. The van der Waals surface area contributed by atoms with Gasteiger partial charge >= 0.3 is 5.97 Å². The van der Waals surface area contributed by atoms with Crippen molar-refractivity contribution in [1.82, 2.24) is 0 Å². The SMILES string of the molecule is O=C1C=CC2(C(=O)O)c3ccc(Br)cc3OCCC2C1. The van der Waals surface area contributed by atoms with Crippen molar-refractivity contribution in [2.24, 2.45) is 5.92 Å². The molecule has 1 heterocycles. The highest BCUT2D eigenvalue weighted by molar-refractivity contribution is 9.10. The molecule has 2 atom stereocenters. The maximum Gasteiger partial charge on any atom is 0.318 e. The Hall–Kier alpha value is -1.62. The summed E-state index contributed by atoms with van der Waals surface area (Å²) in [5.41, 5.74) is -0.542. The van der Waals surface area contributed by atoms with Gasteiger partial charge in [0.2, 0.25) is 0 Å². The maximum atomic E-state index is 12.0. The van der Waals surface area contributed by atoms with Gasteiger partial charge in [-0.1, -0.05) is 28.1 Å². The predicted molar refractivity (Wildman–Crippen MR) is 75.8 cm³/mol. The van der Waals surface area contributed by atoms with Crippen molar-refractivity contribution in [3.8, 4) is 5.75 Å². The van der Waals surface area contributed by atoms with Crippen LogP contribution in [0.4, 0.5) is 0 Å². The summed E-state index contributed by atoms with van der Waals surface area (Å²) in [5.74, 6) is -0.643. The predicted octanol–water partition coefficient (Wildman–Crippen LogP) is 2.70. The van der Waals surface area contributed by atoms with Gasteiger partial charge in [0.25, 0.3) is 0 Å². The lowest BCUT2D eigenvalue weighted by Crippen LogP contribution is -2.44. The van der Waals surface area contributed by atoms with Crippen molar-refractivity contribution in [1.29, 1.82) is 0 Å². The van der Waals surface area contributed by atoms with E-state index in [9.17, 15) is 14.7 Å². The first-order valence-electron chi connectivity index (χ1n) is 6.42. The summed E-state index contributed by atoms with van der Waals surface area (Å²) >= 11 is 3.37. The molecule has 5 heteroatoms. The average molecular weight is 337 g/mol. The van der Waals surface area contributed by atoms with Crippen molar-refractivity contribution in [2.45, 2.75) is 18.3 Å². The molecule has 0 spiro atoms. The molecule has 20 heavy (non-hydrogen) atoms. The molecule has 1 aromatic rings. The van der Waals surface area contributed by atoms with Gasteiger partial charge in [0.1, 0.15) is 11.2 Å². The molecule has 0 radical (unpaired) electrons.